The second-order valence-corrected chi connectivity index (χ2v) is 9.07. The van der Waals surface area contributed by atoms with Gasteiger partial charge in [0.25, 0.3) is 0 Å². The molecule has 2 aliphatic rings. The molecule has 144 valence electrons. The number of fused-ring (bicyclic) bond motifs is 1. The van der Waals surface area contributed by atoms with Crippen molar-refractivity contribution >= 4 is 16.6 Å². The van der Waals surface area contributed by atoms with Crippen LogP contribution in [0.5, 0.6) is 0 Å². The van der Waals surface area contributed by atoms with Crippen molar-refractivity contribution in [1.29, 1.82) is 0 Å². The monoisotopic (exact) mass is 384 g/mol. The normalized spacial score (nSPS) is 19.0. The Kier molecular flexibility index (Phi) is 5.55. The highest BCUT2D eigenvalue weighted by Crippen LogP contribution is 2.29. The third kappa shape index (κ3) is 4.22. The zero-order valence-corrected chi connectivity index (χ0v) is 17.1. The third-order valence-corrected chi connectivity index (χ3v) is 6.75. The van der Waals surface area contributed by atoms with Crippen LogP contribution in [0.3, 0.4) is 0 Å². The smallest absolute Gasteiger partial charge is 0.221 e. The molecule has 1 atom stereocenters. The van der Waals surface area contributed by atoms with E-state index in [1.165, 1.54) is 17.5 Å². The lowest BCUT2D eigenvalue weighted by molar-refractivity contribution is 0.311. The number of hydrogen-bond acceptors (Lipinski definition) is 5. The van der Waals surface area contributed by atoms with Crippen LogP contribution in [0.25, 0.3) is 0 Å². The molecule has 1 aliphatic carbocycles. The first-order valence-corrected chi connectivity index (χ1v) is 11.2. The third-order valence-electron chi connectivity index (χ3n) is 5.57. The van der Waals surface area contributed by atoms with E-state index >= 15 is 0 Å². The first-order chi connectivity index (χ1) is 13.1. The zero-order chi connectivity index (χ0) is 18.8. The van der Waals surface area contributed by atoms with Crippen LogP contribution in [0.15, 0.2) is 29.4 Å². The minimum absolute atomic E-state index is 0.473. The molecule has 27 heavy (non-hydrogen) atoms. The highest BCUT2D eigenvalue weighted by molar-refractivity contribution is 7.84. The van der Waals surface area contributed by atoms with E-state index in [2.05, 4.69) is 35.9 Å². The molecule has 1 saturated heterocycles. The molecular weight excluding hydrogens is 356 g/mol. The molecule has 1 aromatic heterocycles. The number of aryl methyl sites for hydroxylation is 2. The Morgan fingerprint density at radius 1 is 1.00 bits per heavy atom. The molecule has 2 heterocycles. The fourth-order valence-corrected chi connectivity index (χ4v) is 4.86. The summed E-state index contributed by atoms with van der Waals surface area (Å²) in [6.07, 6.45) is 4.38. The summed E-state index contributed by atoms with van der Waals surface area (Å²) in [6.45, 7) is 6.10. The molecule has 0 bridgehead atoms. The minimum Gasteiger partial charge on any atom is -0.354 e. The van der Waals surface area contributed by atoms with E-state index < -0.39 is 10.8 Å². The maximum Gasteiger partial charge on any atom is 0.221 e. The van der Waals surface area contributed by atoms with Gasteiger partial charge in [0.05, 0.1) is 22.2 Å². The average Bonchev–Trinajstić information content (AvgIpc) is 2.69. The predicted molar refractivity (Wildman–Crippen MR) is 110 cm³/mol. The lowest BCUT2D eigenvalue weighted by Crippen LogP contribution is -2.45. The minimum atomic E-state index is -1.22. The SMILES string of the molecule is Cc1ccc(C[S@@](=O)c2nc3c(c(N4CCN(C)CC4)n2)CCCC3)cc1. The average molecular weight is 385 g/mol. The maximum atomic E-state index is 13.0. The molecule has 5 nitrogen and oxygen atoms in total. The van der Waals surface area contributed by atoms with E-state index in [4.69, 9.17) is 9.97 Å². The summed E-state index contributed by atoms with van der Waals surface area (Å²) in [5.74, 6) is 1.52. The Balaban J connectivity index is 1.63. The Morgan fingerprint density at radius 2 is 1.70 bits per heavy atom. The highest BCUT2D eigenvalue weighted by atomic mass is 32.2. The molecule has 0 saturated carbocycles. The summed E-state index contributed by atoms with van der Waals surface area (Å²) in [6, 6.07) is 8.23. The molecule has 0 amide bonds. The van der Waals surface area contributed by atoms with Gasteiger partial charge >= 0.3 is 0 Å². The molecule has 4 rings (SSSR count). The number of nitrogens with zero attached hydrogens (tertiary/aromatic N) is 4. The van der Waals surface area contributed by atoms with Crippen LogP contribution >= 0.6 is 0 Å². The van der Waals surface area contributed by atoms with Gasteiger partial charge in [0, 0.05) is 31.7 Å². The van der Waals surface area contributed by atoms with Gasteiger partial charge in [-0.25, -0.2) is 9.97 Å². The van der Waals surface area contributed by atoms with Crippen molar-refractivity contribution < 1.29 is 4.21 Å². The molecule has 1 aliphatic heterocycles. The Bertz CT molecular complexity index is 829. The van der Waals surface area contributed by atoms with Gasteiger partial charge in [-0.2, -0.15) is 0 Å². The highest BCUT2D eigenvalue weighted by Gasteiger charge is 2.25. The van der Waals surface area contributed by atoms with Gasteiger partial charge in [-0.05, 0) is 45.2 Å². The van der Waals surface area contributed by atoms with Crippen molar-refractivity contribution in [3.63, 3.8) is 0 Å². The fraction of sp³-hybridized carbons (Fsp3) is 0.524. The van der Waals surface area contributed by atoms with Crippen LogP contribution in [0.2, 0.25) is 0 Å². The largest absolute Gasteiger partial charge is 0.354 e. The molecule has 0 spiro atoms. The van der Waals surface area contributed by atoms with E-state index in [0.29, 0.717) is 10.9 Å². The Hall–Kier alpha value is -1.79. The van der Waals surface area contributed by atoms with Gasteiger partial charge in [0.15, 0.2) is 0 Å². The summed E-state index contributed by atoms with van der Waals surface area (Å²) in [7, 11) is 0.941. The van der Waals surface area contributed by atoms with Crippen molar-refractivity contribution in [2.75, 3.05) is 38.1 Å². The van der Waals surface area contributed by atoms with E-state index in [0.717, 1.165) is 62.5 Å². The van der Waals surface area contributed by atoms with Crippen molar-refractivity contribution in [3.8, 4) is 0 Å². The van der Waals surface area contributed by atoms with Crippen molar-refractivity contribution in [2.45, 2.75) is 43.5 Å². The van der Waals surface area contributed by atoms with E-state index in [9.17, 15) is 4.21 Å². The number of likely N-dealkylation sites (N-methyl/N-ethyl adjacent to an activating group) is 1. The fourth-order valence-electron chi connectivity index (χ4n) is 3.83. The lowest BCUT2D eigenvalue weighted by atomic mass is 9.96. The van der Waals surface area contributed by atoms with E-state index in [-0.39, 0.29) is 0 Å². The van der Waals surface area contributed by atoms with Crippen LogP contribution in [0.4, 0.5) is 5.82 Å². The number of benzene rings is 1. The molecule has 1 aromatic carbocycles. The number of piperazine rings is 1. The standard InChI is InChI=1S/C21H28N4OS/c1-16-7-9-17(10-8-16)15-27(26)21-22-19-6-4-3-5-18(19)20(23-21)25-13-11-24(2)12-14-25/h7-10H,3-6,11-15H2,1-2H3/t27-/m1/s1. The van der Waals surface area contributed by atoms with Gasteiger partial charge in [-0.1, -0.05) is 29.8 Å². The molecule has 0 N–H and O–H groups in total. The number of aromatic nitrogens is 2. The molecule has 6 heteroatoms. The summed E-state index contributed by atoms with van der Waals surface area (Å²) in [4.78, 5) is 14.3. The number of anilines is 1. The summed E-state index contributed by atoms with van der Waals surface area (Å²) in [5.41, 5.74) is 4.70. The molecule has 0 unspecified atom stereocenters. The molecular formula is C21H28N4OS. The van der Waals surface area contributed by atoms with Crippen molar-refractivity contribution in [3.05, 3.63) is 46.6 Å². The maximum absolute atomic E-state index is 13.0. The van der Waals surface area contributed by atoms with Crippen molar-refractivity contribution in [1.82, 2.24) is 14.9 Å². The van der Waals surface area contributed by atoms with Crippen LogP contribution in [0, 0.1) is 6.92 Å². The van der Waals surface area contributed by atoms with E-state index in [1.807, 2.05) is 12.1 Å². The van der Waals surface area contributed by atoms with Gasteiger partial charge < -0.3 is 9.80 Å². The quantitative estimate of drug-likeness (QED) is 0.759. The van der Waals surface area contributed by atoms with Gasteiger partial charge in [-0.15, -0.1) is 0 Å². The van der Waals surface area contributed by atoms with Gasteiger partial charge in [-0.3, -0.25) is 4.21 Å². The Morgan fingerprint density at radius 3 is 2.44 bits per heavy atom. The Labute approximate surface area is 164 Å². The van der Waals surface area contributed by atoms with Crippen LogP contribution < -0.4 is 4.90 Å². The van der Waals surface area contributed by atoms with Crippen LogP contribution in [-0.4, -0.2) is 52.3 Å². The molecule has 1 fully saturated rings. The summed E-state index contributed by atoms with van der Waals surface area (Å²) >= 11 is 0. The topological polar surface area (TPSA) is 49.3 Å². The summed E-state index contributed by atoms with van der Waals surface area (Å²) in [5, 5.41) is 0.505. The predicted octanol–water partition coefficient (Wildman–Crippen LogP) is 2.72. The number of hydrogen-bond donors (Lipinski definition) is 0. The van der Waals surface area contributed by atoms with Crippen LogP contribution in [0.1, 0.15) is 35.2 Å². The zero-order valence-electron chi connectivity index (χ0n) is 16.3. The van der Waals surface area contributed by atoms with Gasteiger partial charge in [0.1, 0.15) is 5.82 Å². The first-order valence-electron chi connectivity index (χ1n) is 9.87. The molecule has 2 aromatic rings. The number of rotatable bonds is 4. The van der Waals surface area contributed by atoms with E-state index in [1.54, 1.807) is 0 Å². The van der Waals surface area contributed by atoms with Crippen molar-refractivity contribution in [2.24, 2.45) is 0 Å². The first kappa shape index (κ1) is 18.6. The van der Waals surface area contributed by atoms with Gasteiger partial charge in [0.2, 0.25) is 5.16 Å². The lowest BCUT2D eigenvalue weighted by Gasteiger charge is -2.35. The second-order valence-electron chi connectivity index (χ2n) is 7.73. The van der Waals surface area contributed by atoms with Crippen LogP contribution in [-0.2, 0) is 29.4 Å². The summed E-state index contributed by atoms with van der Waals surface area (Å²) < 4.78 is 13.0. The molecule has 0 radical (unpaired) electrons. The second kappa shape index (κ2) is 8.07.